The highest BCUT2D eigenvalue weighted by Crippen LogP contribution is 2.40. The number of nitrogens with zero attached hydrogens (tertiary/aromatic N) is 5. The number of nitrogen functional groups attached to an aromatic ring is 1. The molecule has 13 nitrogen and oxygen atoms in total. The number of nitrogens with two attached hydrogens (primary N) is 1. The third-order valence-corrected chi connectivity index (χ3v) is 8.04. The zero-order chi connectivity index (χ0) is 26.8. The van der Waals surface area contributed by atoms with Gasteiger partial charge in [0.15, 0.2) is 24.1 Å². The second-order valence-corrected chi connectivity index (χ2v) is 10.6. The van der Waals surface area contributed by atoms with Crippen molar-refractivity contribution < 1.29 is 34.0 Å². The standard InChI is InChI=1S/C23H23N7O6S2/c24-23-26-18(28-38-23)15(27-36-14-3-1-2-4-14)19(32)25-16-20(33)30-17(22(34)35)13(11-37-21(16)30)9-29-7-5-12(10-31)6-8-29/h1,3,5-8,14,16,21,31H,2,4,9-11H2,(H3-,24,25,26,28,32,34,35)/t14?,16?,21-/m0/s1. The van der Waals surface area contributed by atoms with Gasteiger partial charge in [0.1, 0.15) is 17.5 Å². The zero-order valence-corrected chi connectivity index (χ0v) is 21.5. The SMILES string of the molecule is Nc1nc(C(=NOC2C=CCC2)C(=O)NC2C(=O)N3C(C(=O)[O-])=C(C[n+]4ccc(CO)cc4)CS[C@@H]23)ns1. The van der Waals surface area contributed by atoms with Gasteiger partial charge in [-0.3, -0.25) is 14.5 Å². The molecule has 198 valence electrons. The summed E-state index contributed by atoms with van der Waals surface area (Å²) in [7, 11) is 0. The first-order valence-electron chi connectivity index (χ1n) is 11.6. The van der Waals surface area contributed by atoms with Gasteiger partial charge in [0.05, 0.1) is 18.3 Å². The summed E-state index contributed by atoms with van der Waals surface area (Å²) in [5, 5.41) is 27.4. The molecule has 15 heteroatoms. The lowest BCUT2D eigenvalue weighted by atomic mass is 10.0. The van der Waals surface area contributed by atoms with Crippen LogP contribution in [0.2, 0.25) is 0 Å². The number of aromatic nitrogens is 3. The molecule has 3 aliphatic rings. The molecule has 0 bridgehead atoms. The number of anilines is 1. The number of carboxylic acid groups (broad SMARTS) is 1. The largest absolute Gasteiger partial charge is 0.543 e. The highest BCUT2D eigenvalue weighted by Gasteiger charge is 2.53. The second kappa shape index (κ2) is 10.9. The minimum Gasteiger partial charge on any atom is -0.543 e. The second-order valence-electron chi connectivity index (χ2n) is 8.68. The van der Waals surface area contributed by atoms with E-state index in [-0.39, 0.29) is 41.6 Å². The number of aliphatic hydroxyl groups is 1. The van der Waals surface area contributed by atoms with Gasteiger partial charge in [0.25, 0.3) is 11.8 Å². The number of aliphatic hydroxyl groups excluding tert-OH is 1. The maximum absolute atomic E-state index is 13.2. The monoisotopic (exact) mass is 557 g/mol. The van der Waals surface area contributed by atoms with E-state index in [1.54, 1.807) is 29.1 Å². The van der Waals surface area contributed by atoms with E-state index in [1.165, 1.54) is 11.8 Å². The highest BCUT2D eigenvalue weighted by atomic mass is 32.2. The van der Waals surface area contributed by atoms with E-state index >= 15 is 0 Å². The van der Waals surface area contributed by atoms with Crippen LogP contribution in [0.15, 0.2) is 53.1 Å². The number of β-lactam (4-membered cyclic amide) rings is 1. The lowest BCUT2D eigenvalue weighted by Gasteiger charge is -2.50. The lowest BCUT2D eigenvalue weighted by molar-refractivity contribution is -0.689. The number of fused-ring (bicyclic) bond motifs is 1. The average molecular weight is 558 g/mol. The Hall–Kier alpha value is -3.82. The molecule has 0 aromatic carbocycles. The Morgan fingerprint density at radius 3 is 2.79 bits per heavy atom. The number of hydrogen-bond donors (Lipinski definition) is 3. The molecular weight excluding hydrogens is 534 g/mol. The fourth-order valence-corrected chi connectivity index (χ4v) is 6.02. The first-order chi connectivity index (χ1) is 18.4. The number of thioether (sulfide) groups is 1. The number of carbonyl (C=O) groups is 3. The van der Waals surface area contributed by atoms with Crippen LogP contribution in [0.3, 0.4) is 0 Å². The molecule has 2 aromatic heterocycles. The number of oxime groups is 1. The van der Waals surface area contributed by atoms with E-state index in [0.717, 1.165) is 22.9 Å². The van der Waals surface area contributed by atoms with Crippen molar-refractivity contribution in [3.05, 3.63) is 59.3 Å². The average Bonchev–Trinajstić information content (AvgIpc) is 3.59. The van der Waals surface area contributed by atoms with Crippen molar-refractivity contribution in [3.8, 4) is 0 Å². The molecule has 5 rings (SSSR count). The lowest BCUT2D eigenvalue weighted by Crippen LogP contribution is -2.71. The molecule has 0 spiro atoms. The van der Waals surface area contributed by atoms with Crippen molar-refractivity contribution >= 4 is 51.9 Å². The summed E-state index contributed by atoms with van der Waals surface area (Å²) in [6.45, 7) is 0.110. The fourth-order valence-electron chi connectivity index (χ4n) is 4.25. The Labute approximate surface area is 224 Å². The molecule has 0 radical (unpaired) electrons. The zero-order valence-electron chi connectivity index (χ0n) is 19.9. The number of allylic oxidation sites excluding steroid dienone is 1. The van der Waals surface area contributed by atoms with Crippen LogP contribution in [0.25, 0.3) is 0 Å². The third kappa shape index (κ3) is 5.12. The van der Waals surface area contributed by atoms with Crippen molar-refractivity contribution in [2.75, 3.05) is 11.5 Å². The van der Waals surface area contributed by atoms with Gasteiger partial charge in [0.2, 0.25) is 11.5 Å². The molecule has 3 atom stereocenters. The van der Waals surface area contributed by atoms with Crippen LogP contribution in [0, 0.1) is 0 Å². The Balaban J connectivity index is 1.33. The fraction of sp³-hybridized carbons (Fsp3) is 0.348. The van der Waals surface area contributed by atoms with Gasteiger partial charge in [-0.2, -0.15) is 9.36 Å². The van der Waals surface area contributed by atoms with E-state index in [1.807, 2.05) is 12.2 Å². The maximum atomic E-state index is 13.2. The first kappa shape index (κ1) is 25.8. The predicted octanol–water partition coefficient (Wildman–Crippen LogP) is -1.56. The van der Waals surface area contributed by atoms with Gasteiger partial charge < -0.3 is 30.9 Å². The Bertz CT molecular complexity index is 1360. The maximum Gasteiger partial charge on any atom is 0.278 e. The minimum absolute atomic E-state index is 0.0336. The van der Waals surface area contributed by atoms with Gasteiger partial charge in [-0.1, -0.05) is 11.2 Å². The Morgan fingerprint density at radius 2 is 2.16 bits per heavy atom. The molecule has 4 heterocycles. The van der Waals surface area contributed by atoms with Crippen LogP contribution in [0.4, 0.5) is 5.13 Å². The van der Waals surface area contributed by atoms with Crippen LogP contribution in [0.1, 0.15) is 24.2 Å². The summed E-state index contributed by atoms with van der Waals surface area (Å²) in [4.78, 5) is 48.9. The smallest absolute Gasteiger partial charge is 0.278 e. The van der Waals surface area contributed by atoms with Crippen LogP contribution >= 0.6 is 23.3 Å². The van der Waals surface area contributed by atoms with E-state index in [4.69, 9.17) is 10.6 Å². The number of carboxylic acids is 1. The van der Waals surface area contributed by atoms with Crippen molar-refractivity contribution in [3.63, 3.8) is 0 Å². The van der Waals surface area contributed by atoms with Gasteiger partial charge in [-0.25, -0.2) is 4.57 Å². The third-order valence-electron chi connectivity index (χ3n) is 6.16. The number of hydrogen-bond acceptors (Lipinski definition) is 12. The van der Waals surface area contributed by atoms with Gasteiger partial charge in [-0.05, 0) is 24.5 Å². The number of carbonyl (C=O) groups excluding carboxylic acids is 3. The van der Waals surface area contributed by atoms with Crippen LogP contribution in [0.5, 0.6) is 0 Å². The number of rotatable bonds is 9. The summed E-state index contributed by atoms with van der Waals surface area (Å²) in [6.07, 6.45) is 8.45. The molecule has 0 saturated carbocycles. The summed E-state index contributed by atoms with van der Waals surface area (Å²) < 4.78 is 5.78. The van der Waals surface area contributed by atoms with E-state index in [9.17, 15) is 24.6 Å². The summed E-state index contributed by atoms with van der Waals surface area (Å²) in [5.41, 5.74) is 6.44. The van der Waals surface area contributed by atoms with E-state index < -0.39 is 29.2 Å². The molecule has 2 aromatic rings. The van der Waals surface area contributed by atoms with Crippen LogP contribution < -0.4 is 20.7 Å². The van der Waals surface area contributed by atoms with Gasteiger partial charge in [0, 0.05) is 35.0 Å². The highest BCUT2D eigenvalue weighted by molar-refractivity contribution is 8.00. The van der Waals surface area contributed by atoms with Gasteiger partial charge in [-0.15, -0.1) is 11.8 Å². The van der Waals surface area contributed by atoms with Crippen molar-refractivity contribution in [1.82, 2.24) is 19.6 Å². The number of amides is 2. The topological polar surface area (TPSA) is 187 Å². The normalized spacial score (nSPS) is 22.8. The molecule has 2 aliphatic heterocycles. The minimum atomic E-state index is -1.47. The molecular formula is C23H23N7O6S2. The molecule has 2 amide bonds. The Kier molecular flexibility index (Phi) is 7.40. The summed E-state index contributed by atoms with van der Waals surface area (Å²) in [5.74, 6) is -2.53. The number of pyridine rings is 1. The molecule has 1 aliphatic carbocycles. The first-order valence-corrected chi connectivity index (χ1v) is 13.5. The number of aliphatic carboxylic acids is 1. The Morgan fingerprint density at radius 1 is 1.37 bits per heavy atom. The van der Waals surface area contributed by atoms with Crippen molar-refractivity contribution in [2.45, 2.75) is 43.5 Å². The summed E-state index contributed by atoms with van der Waals surface area (Å²) >= 11 is 2.21. The molecule has 1 fully saturated rings. The van der Waals surface area contributed by atoms with E-state index in [2.05, 4.69) is 19.8 Å². The molecule has 38 heavy (non-hydrogen) atoms. The van der Waals surface area contributed by atoms with Crippen LogP contribution in [-0.2, 0) is 32.4 Å². The van der Waals surface area contributed by atoms with Gasteiger partial charge >= 0.3 is 0 Å². The molecule has 2 unspecified atom stereocenters. The predicted molar refractivity (Wildman–Crippen MR) is 134 cm³/mol. The van der Waals surface area contributed by atoms with Crippen molar-refractivity contribution in [1.29, 1.82) is 0 Å². The van der Waals surface area contributed by atoms with Crippen molar-refractivity contribution in [2.24, 2.45) is 5.16 Å². The van der Waals surface area contributed by atoms with E-state index in [0.29, 0.717) is 23.3 Å². The number of nitrogens with one attached hydrogen (secondary N) is 1. The molecule has 4 N–H and O–H groups in total. The van der Waals surface area contributed by atoms with Crippen LogP contribution in [-0.4, -0.2) is 66.1 Å². The molecule has 1 saturated heterocycles. The summed E-state index contributed by atoms with van der Waals surface area (Å²) in [6, 6.07) is 2.44. The quantitative estimate of drug-likeness (QED) is 0.107.